The van der Waals surface area contributed by atoms with Gasteiger partial charge in [-0.1, -0.05) is 19.3 Å². The number of carbonyl (C=O) groups is 1. The van der Waals surface area contributed by atoms with E-state index < -0.39 is 0 Å². The minimum atomic E-state index is 0.405. The molecule has 0 unspecified atom stereocenters. The zero-order valence-corrected chi connectivity index (χ0v) is 7.59. The average Bonchev–Trinajstić information content (AvgIpc) is 2.31. The molecule has 0 aromatic carbocycles. The van der Waals surface area contributed by atoms with E-state index in [1.807, 2.05) is 0 Å². The van der Waals surface area contributed by atoms with Crippen LogP contribution in [0.25, 0.3) is 0 Å². The van der Waals surface area contributed by atoms with E-state index in [0.29, 0.717) is 11.9 Å². The van der Waals surface area contributed by atoms with Gasteiger partial charge in [0.05, 0.1) is 0 Å². The van der Waals surface area contributed by atoms with E-state index in [2.05, 4.69) is 4.90 Å². The van der Waals surface area contributed by atoms with Gasteiger partial charge < -0.3 is 4.90 Å². The number of fused-ring (bicyclic) bond motifs is 1. The van der Waals surface area contributed by atoms with Crippen LogP contribution in [0.15, 0.2) is 0 Å². The van der Waals surface area contributed by atoms with Gasteiger partial charge in [-0.25, -0.2) is 0 Å². The number of carbonyl (C=O) groups excluding carboxylic acids is 1. The average molecular weight is 167 g/mol. The molecule has 0 N–H and O–H groups in total. The van der Waals surface area contributed by atoms with E-state index >= 15 is 0 Å². The lowest BCUT2D eigenvalue weighted by molar-refractivity contribution is -0.129. The maximum absolute atomic E-state index is 11.4. The Morgan fingerprint density at radius 3 is 2.83 bits per heavy atom. The molecule has 2 fully saturated rings. The highest BCUT2D eigenvalue weighted by Gasteiger charge is 2.30. The van der Waals surface area contributed by atoms with Gasteiger partial charge in [0.15, 0.2) is 0 Å². The second-order valence-electron chi connectivity index (χ2n) is 3.98. The van der Waals surface area contributed by atoms with Crippen LogP contribution in [0.5, 0.6) is 0 Å². The third-order valence-corrected chi connectivity index (χ3v) is 3.14. The molecule has 12 heavy (non-hydrogen) atoms. The van der Waals surface area contributed by atoms with Crippen LogP contribution in [0.3, 0.4) is 0 Å². The number of amides is 1. The molecule has 68 valence electrons. The van der Waals surface area contributed by atoms with Crippen LogP contribution in [-0.2, 0) is 4.79 Å². The number of hydrogen-bond donors (Lipinski definition) is 0. The highest BCUT2D eigenvalue weighted by Crippen LogP contribution is 2.26. The summed E-state index contributed by atoms with van der Waals surface area (Å²) in [6.07, 6.45) is 8.43. The molecule has 1 atom stereocenters. The van der Waals surface area contributed by atoms with Crippen molar-refractivity contribution in [3.8, 4) is 0 Å². The summed E-state index contributed by atoms with van der Waals surface area (Å²) in [6.45, 7) is 1.03. The molecule has 2 saturated heterocycles. The van der Waals surface area contributed by atoms with Gasteiger partial charge in [-0.15, -0.1) is 0 Å². The summed E-state index contributed by atoms with van der Waals surface area (Å²) in [7, 11) is 0. The second kappa shape index (κ2) is 3.46. The number of nitrogens with zero attached hydrogens (tertiary/aromatic N) is 1. The van der Waals surface area contributed by atoms with Crippen LogP contribution in [0.4, 0.5) is 0 Å². The van der Waals surface area contributed by atoms with E-state index in [1.165, 1.54) is 32.1 Å². The fraction of sp³-hybridized carbons (Fsp3) is 0.900. The van der Waals surface area contributed by atoms with Crippen molar-refractivity contribution < 1.29 is 4.79 Å². The minimum absolute atomic E-state index is 0.405. The predicted octanol–water partition coefficient (Wildman–Crippen LogP) is 1.94. The van der Waals surface area contributed by atoms with E-state index in [4.69, 9.17) is 0 Å². The van der Waals surface area contributed by atoms with Gasteiger partial charge in [0.2, 0.25) is 5.91 Å². The van der Waals surface area contributed by atoms with Crippen molar-refractivity contribution in [2.75, 3.05) is 6.54 Å². The molecule has 0 aromatic heterocycles. The van der Waals surface area contributed by atoms with Crippen molar-refractivity contribution in [3.05, 3.63) is 0 Å². The van der Waals surface area contributed by atoms with Crippen molar-refractivity contribution in [3.63, 3.8) is 0 Å². The molecule has 2 aliphatic rings. The van der Waals surface area contributed by atoms with Gasteiger partial charge in [-0.2, -0.15) is 0 Å². The van der Waals surface area contributed by atoms with Gasteiger partial charge in [0, 0.05) is 19.0 Å². The van der Waals surface area contributed by atoms with Crippen LogP contribution < -0.4 is 0 Å². The molecule has 2 rings (SSSR count). The topological polar surface area (TPSA) is 20.3 Å². The minimum Gasteiger partial charge on any atom is -0.340 e. The molecule has 2 aliphatic heterocycles. The van der Waals surface area contributed by atoms with Gasteiger partial charge >= 0.3 is 0 Å². The van der Waals surface area contributed by atoms with Crippen molar-refractivity contribution in [1.29, 1.82) is 0 Å². The molecule has 0 aromatic rings. The summed E-state index contributed by atoms with van der Waals surface area (Å²) in [5, 5.41) is 0. The van der Waals surface area contributed by atoms with Crippen LogP contribution >= 0.6 is 0 Å². The molecule has 2 nitrogen and oxygen atoms in total. The quantitative estimate of drug-likeness (QED) is 0.540. The van der Waals surface area contributed by atoms with Crippen LogP contribution in [0.2, 0.25) is 0 Å². The first-order chi connectivity index (χ1) is 5.88. The van der Waals surface area contributed by atoms with E-state index in [1.54, 1.807) is 0 Å². The molecule has 2 heteroatoms. The van der Waals surface area contributed by atoms with Crippen molar-refractivity contribution in [1.82, 2.24) is 4.90 Å². The highest BCUT2D eigenvalue weighted by molar-refractivity contribution is 5.78. The van der Waals surface area contributed by atoms with Gasteiger partial charge in [0.1, 0.15) is 0 Å². The summed E-state index contributed by atoms with van der Waals surface area (Å²) in [6, 6.07) is 0.609. The fourth-order valence-electron chi connectivity index (χ4n) is 2.42. The largest absolute Gasteiger partial charge is 0.340 e. The monoisotopic (exact) mass is 167 g/mol. The third kappa shape index (κ3) is 1.47. The van der Waals surface area contributed by atoms with E-state index in [0.717, 1.165) is 19.4 Å². The first-order valence-corrected chi connectivity index (χ1v) is 5.17. The summed E-state index contributed by atoms with van der Waals surface area (Å²) in [5.74, 6) is 0.405. The lowest BCUT2D eigenvalue weighted by Crippen LogP contribution is -2.34. The molecule has 1 amide bonds. The standard InChI is InChI=1S/C10H17NO/c12-10-7-6-9-5-3-1-2-4-8-11(9)10/h9H,1-8H2/t9-/m0/s1. The van der Waals surface area contributed by atoms with Crippen molar-refractivity contribution in [2.24, 2.45) is 0 Å². The van der Waals surface area contributed by atoms with Crippen LogP contribution in [0.1, 0.15) is 44.9 Å². The Hall–Kier alpha value is -0.530. The smallest absolute Gasteiger partial charge is 0.222 e. The Balaban J connectivity index is 2.00. The first kappa shape index (κ1) is 8.09. The molecule has 0 saturated carbocycles. The van der Waals surface area contributed by atoms with Crippen molar-refractivity contribution >= 4 is 5.91 Å². The number of hydrogen-bond acceptors (Lipinski definition) is 1. The Morgan fingerprint density at radius 1 is 1.08 bits per heavy atom. The summed E-state index contributed by atoms with van der Waals surface area (Å²) in [5.41, 5.74) is 0. The lowest BCUT2D eigenvalue weighted by atomic mass is 10.0. The molecule has 0 aliphatic carbocycles. The molecular formula is C10H17NO. The molecule has 0 spiro atoms. The summed E-state index contributed by atoms with van der Waals surface area (Å²) >= 11 is 0. The third-order valence-electron chi connectivity index (χ3n) is 3.14. The van der Waals surface area contributed by atoms with E-state index in [9.17, 15) is 4.79 Å². The zero-order chi connectivity index (χ0) is 8.39. The van der Waals surface area contributed by atoms with Gasteiger partial charge in [-0.05, 0) is 19.3 Å². The summed E-state index contributed by atoms with van der Waals surface area (Å²) < 4.78 is 0. The molecular weight excluding hydrogens is 150 g/mol. The number of rotatable bonds is 0. The highest BCUT2D eigenvalue weighted by atomic mass is 16.2. The fourth-order valence-corrected chi connectivity index (χ4v) is 2.42. The maximum Gasteiger partial charge on any atom is 0.222 e. The molecule has 2 heterocycles. The zero-order valence-electron chi connectivity index (χ0n) is 7.59. The Morgan fingerprint density at radius 2 is 1.92 bits per heavy atom. The molecule has 0 bridgehead atoms. The van der Waals surface area contributed by atoms with Gasteiger partial charge in [-0.3, -0.25) is 4.79 Å². The normalized spacial score (nSPS) is 31.2. The predicted molar refractivity (Wildman–Crippen MR) is 47.8 cm³/mol. The second-order valence-corrected chi connectivity index (χ2v) is 3.98. The lowest BCUT2D eigenvalue weighted by Gasteiger charge is -2.26. The SMILES string of the molecule is O=C1CC[C@@H]2CCCCCCN12. The Labute approximate surface area is 73.9 Å². The van der Waals surface area contributed by atoms with Gasteiger partial charge in [0.25, 0.3) is 0 Å². The maximum atomic E-state index is 11.4. The Bertz CT molecular complexity index is 179. The van der Waals surface area contributed by atoms with Crippen LogP contribution in [-0.4, -0.2) is 23.4 Å². The molecule has 0 radical (unpaired) electrons. The summed E-state index contributed by atoms with van der Waals surface area (Å²) in [4.78, 5) is 13.5. The Kier molecular flexibility index (Phi) is 2.33. The van der Waals surface area contributed by atoms with E-state index in [-0.39, 0.29) is 0 Å². The van der Waals surface area contributed by atoms with Crippen LogP contribution in [0, 0.1) is 0 Å². The first-order valence-electron chi connectivity index (χ1n) is 5.17. The van der Waals surface area contributed by atoms with Crippen molar-refractivity contribution in [2.45, 2.75) is 51.0 Å².